The van der Waals surface area contributed by atoms with Crippen LogP contribution in [0.4, 0.5) is 5.82 Å². The summed E-state index contributed by atoms with van der Waals surface area (Å²) in [5, 5.41) is 3.52. The number of hydrogen-bond acceptors (Lipinski definition) is 7. The summed E-state index contributed by atoms with van der Waals surface area (Å²) in [6.45, 7) is 3.55. The van der Waals surface area contributed by atoms with E-state index in [0.717, 1.165) is 29.1 Å². The van der Waals surface area contributed by atoms with Crippen LogP contribution in [0.3, 0.4) is 0 Å². The Kier molecular flexibility index (Phi) is 5.62. The highest BCUT2D eigenvalue weighted by Crippen LogP contribution is 2.31. The van der Waals surface area contributed by atoms with E-state index < -0.39 is 5.91 Å². The lowest BCUT2D eigenvalue weighted by Crippen LogP contribution is -2.36. The molecule has 34 heavy (non-hydrogen) atoms. The summed E-state index contributed by atoms with van der Waals surface area (Å²) in [6, 6.07) is 16.1. The van der Waals surface area contributed by atoms with E-state index in [4.69, 9.17) is 20.4 Å². The Labute approximate surface area is 197 Å². The zero-order valence-corrected chi connectivity index (χ0v) is 19.4. The molecular weight excluding hydrogens is 430 g/mol. The molecule has 174 valence electrons. The standard InChI is InChI=1S/C25H27N7O2/c1-15-12-18-19(14-31(15)2)28-24(30-23(18)27-13-16-8-5-4-6-9-16)32-20-11-7-10-17(22(26)33)21(20)29-25(32)34-3/h4-11,15H,12-14H2,1-3H3,(H2,26,33)(H,27,28,30). The van der Waals surface area contributed by atoms with E-state index in [1.165, 1.54) is 7.11 Å². The van der Waals surface area contributed by atoms with Gasteiger partial charge >= 0.3 is 6.01 Å². The molecule has 3 heterocycles. The summed E-state index contributed by atoms with van der Waals surface area (Å²) < 4.78 is 7.29. The molecule has 0 aliphatic carbocycles. The summed E-state index contributed by atoms with van der Waals surface area (Å²) in [5.41, 5.74) is 10.2. The number of nitrogens with two attached hydrogens (primary N) is 1. The maximum atomic E-state index is 12.0. The average molecular weight is 458 g/mol. The van der Waals surface area contributed by atoms with Crippen molar-refractivity contribution in [1.29, 1.82) is 0 Å². The molecule has 4 aromatic rings. The Balaban J connectivity index is 1.66. The molecule has 0 radical (unpaired) electrons. The van der Waals surface area contributed by atoms with E-state index in [1.807, 2.05) is 24.3 Å². The third-order valence-electron chi connectivity index (χ3n) is 6.34. The molecule has 1 atom stereocenters. The van der Waals surface area contributed by atoms with Crippen molar-refractivity contribution in [2.75, 3.05) is 19.5 Å². The summed E-state index contributed by atoms with van der Waals surface area (Å²) in [4.78, 5) is 28.6. The Bertz CT molecular complexity index is 1370. The van der Waals surface area contributed by atoms with Gasteiger partial charge in [0.2, 0.25) is 5.95 Å². The fourth-order valence-electron chi connectivity index (χ4n) is 4.34. The van der Waals surface area contributed by atoms with Crippen molar-refractivity contribution in [2.24, 2.45) is 5.73 Å². The smallest absolute Gasteiger partial charge is 0.304 e. The number of amides is 1. The molecule has 0 saturated heterocycles. The van der Waals surface area contributed by atoms with Crippen LogP contribution in [-0.4, -0.2) is 50.5 Å². The zero-order chi connectivity index (χ0) is 23.8. The van der Waals surface area contributed by atoms with Crippen LogP contribution in [0.25, 0.3) is 17.0 Å². The van der Waals surface area contributed by atoms with Gasteiger partial charge in [-0.05, 0) is 38.1 Å². The van der Waals surface area contributed by atoms with Crippen LogP contribution in [0.2, 0.25) is 0 Å². The first kappa shape index (κ1) is 21.8. The van der Waals surface area contributed by atoms with E-state index >= 15 is 0 Å². The molecule has 9 heteroatoms. The number of benzene rings is 2. The predicted octanol–water partition coefficient (Wildman–Crippen LogP) is 2.91. The quantitative estimate of drug-likeness (QED) is 0.458. The number of rotatable bonds is 6. The minimum absolute atomic E-state index is 0.287. The number of fused-ring (bicyclic) bond motifs is 2. The molecule has 3 N–H and O–H groups in total. The number of carbonyl (C=O) groups is 1. The first-order valence-corrected chi connectivity index (χ1v) is 11.2. The number of primary amides is 1. The maximum Gasteiger partial charge on any atom is 0.304 e. The molecule has 1 aliphatic heterocycles. The van der Waals surface area contributed by atoms with Crippen molar-refractivity contribution in [3.05, 3.63) is 70.9 Å². The number of nitrogens with zero attached hydrogens (tertiary/aromatic N) is 5. The van der Waals surface area contributed by atoms with Crippen molar-refractivity contribution >= 4 is 22.8 Å². The molecular formula is C25H27N7O2. The number of hydrogen-bond donors (Lipinski definition) is 2. The molecule has 1 unspecified atom stereocenters. The van der Waals surface area contributed by atoms with Gasteiger partial charge in [-0.15, -0.1) is 0 Å². The van der Waals surface area contributed by atoms with Gasteiger partial charge in [0.15, 0.2) is 0 Å². The van der Waals surface area contributed by atoms with Crippen molar-refractivity contribution in [3.63, 3.8) is 0 Å². The number of aromatic nitrogens is 4. The Hall–Kier alpha value is -3.98. The molecule has 0 saturated carbocycles. The van der Waals surface area contributed by atoms with Gasteiger partial charge in [-0.1, -0.05) is 36.4 Å². The minimum atomic E-state index is -0.551. The summed E-state index contributed by atoms with van der Waals surface area (Å²) in [6.07, 6.45) is 0.844. The number of para-hydroxylation sites is 1. The van der Waals surface area contributed by atoms with Crippen LogP contribution in [0.15, 0.2) is 48.5 Å². The average Bonchev–Trinajstić information content (AvgIpc) is 3.22. The molecule has 0 bridgehead atoms. The van der Waals surface area contributed by atoms with E-state index in [1.54, 1.807) is 16.7 Å². The lowest BCUT2D eigenvalue weighted by Gasteiger charge is -2.32. The first-order valence-electron chi connectivity index (χ1n) is 11.2. The minimum Gasteiger partial charge on any atom is -0.468 e. The van der Waals surface area contributed by atoms with Crippen LogP contribution in [0, 0.1) is 0 Å². The third-order valence-corrected chi connectivity index (χ3v) is 6.34. The van der Waals surface area contributed by atoms with E-state index in [0.29, 0.717) is 41.7 Å². The fourth-order valence-corrected chi connectivity index (χ4v) is 4.34. The van der Waals surface area contributed by atoms with E-state index in [-0.39, 0.29) is 6.01 Å². The number of methoxy groups -OCH3 is 1. The number of likely N-dealkylation sites (N-methyl/N-ethyl adjacent to an activating group) is 1. The fraction of sp³-hybridized carbons (Fsp3) is 0.280. The summed E-state index contributed by atoms with van der Waals surface area (Å²) >= 11 is 0. The second kappa shape index (κ2) is 8.75. The third kappa shape index (κ3) is 3.84. The Morgan fingerprint density at radius 1 is 1.15 bits per heavy atom. The lowest BCUT2D eigenvalue weighted by molar-refractivity contribution is 0.100. The van der Waals surface area contributed by atoms with Crippen LogP contribution < -0.4 is 15.8 Å². The molecule has 1 aliphatic rings. The highest BCUT2D eigenvalue weighted by atomic mass is 16.5. The number of nitrogens with one attached hydrogen (secondary N) is 1. The van der Waals surface area contributed by atoms with Gasteiger partial charge in [0.05, 0.1) is 23.9 Å². The molecule has 5 rings (SSSR count). The monoisotopic (exact) mass is 457 g/mol. The molecule has 2 aromatic heterocycles. The van der Waals surface area contributed by atoms with Crippen LogP contribution in [0.1, 0.15) is 34.1 Å². The van der Waals surface area contributed by atoms with E-state index in [9.17, 15) is 4.79 Å². The van der Waals surface area contributed by atoms with Gasteiger partial charge < -0.3 is 15.8 Å². The number of carbonyl (C=O) groups excluding carboxylic acids is 1. The van der Waals surface area contributed by atoms with Gasteiger partial charge in [0, 0.05) is 24.7 Å². The van der Waals surface area contributed by atoms with Crippen molar-refractivity contribution in [1.82, 2.24) is 24.4 Å². The second-order valence-electron chi connectivity index (χ2n) is 8.58. The largest absolute Gasteiger partial charge is 0.468 e. The number of imidazole rings is 1. The highest BCUT2D eigenvalue weighted by molar-refractivity contribution is 6.04. The second-order valence-corrected chi connectivity index (χ2v) is 8.58. The number of ether oxygens (including phenoxy) is 1. The van der Waals surface area contributed by atoms with Crippen LogP contribution >= 0.6 is 0 Å². The Morgan fingerprint density at radius 2 is 1.94 bits per heavy atom. The van der Waals surface area contributed by atoms with Crippen molar-refractivity contribution in [3.8, 4) is 12.0 Å². The first-order chi connectivity index (χ1) is 16.5. The maximum absolute atomic E-state index is 12.0. The van der Waals surface area contributed by atoms with Gasteiger partial charge in [-0.25, -0.2) is 9.55 Å². The Morgan fingerprint density at radius 3 is 2.68 bits per heavy atom. The van der Waals surface area contributed by atoms with Gasteiger partial charge in [0.1, 0.15) is 11.3 Å². The predicted molar refractivity (Wildman–Crippen MR) is 130 cm³/mol. The summed E-state index contributed by atoms with van der Waals surface area (Å²) in [7, 11) is 3.63. The molecule has 2 aromatic carbocycles. The van der Waals surface area contributed by atoms with E-state index in [2.05, 4.69) is 41.3 Å². The van der Waals surface area contributed by atoms with Gasteiger partial charge in [0.25, 0.3) is 5.91 Å². The van der Waals surface area contributed by atoms with Crippen molar-refractivity contribution < 1.29 is 9.53 Å². The molecule has 0 spiro atoms. The van der Waals surface area contributed by atoms with Crippen LogP contribution in [0.5, 0.6) is 6.01 Å². The lowest BCUT2D eigenvalue weighted by atomic mass is 9.99. The molecule has 1 amide bonds. The molecule has 0 fully saturated rings. The van der Waals surface area contributed by atoms with Gasteiger partial charge in [-0.2, -0.15) is 9.97 Å². The van der Waals surface area contributed by atoms with Gasteiger partial charge in [-0.3, -0.25) is 9.69 Å². The highest BCUT2D eigenvalue weighted by Gasteiger charge is 2.27. The zero-order valence-electron chi connectivity index (χ0n) is 19.4. The summed E-state index contributed by atoms with van der Waals surface area (Å²) in [5.74, 6) is 0.669. The molecule has 9 nitrogen and oxygen atoms in total. The van der Waals surface area contributed by atoms with Crippen molar-refractivity contribution in [2.45, 2.75) is 32.5 Å². The SMILES string of the molecule is COc1nc2c(C(N)=O)cccc2n1-c1nc2c(c(NCc3ccccc3)n1)CC(C)N(C)C2. The normalized spacial score (nSPS) is 15.8. The van der Waals surface area contributed by atoms with Crippen LogP contribution in [-0.2, 0) is 19.5 Å². The topological polar surface area (TPSA) is 111 Å². The number of anilines is 1.